The molecule has 0 saturated heterocycles. The number of nitrogens with two attached hydrogens (primary N) is 1. The molecule has 0 radical (unpaired) electrons. The average molecular weight is 1040 g/mol. The number of sulfonamides is 2. The number of carbonyl (C=O) groups is 5. The van der Waals surface area contributed by atoms with E-state index in [9.17, 15) is 40.8 Å². The number of nitrogens with zero attached hydrogens (tertiary/aromatic N) is 2. The highest BCUT2D eigenvalue weighted by atomic mass is 32.2. The summed E-state index contributed by atoms with van der Waals surface area (Å²) in [6.07, 6.45) is 8.34. The largest absolute Gasteiger partial charge is 0.399 e. The summed E-state index contributed by atoms with van der Waals surface area (Å²) in [7, 11) is -8.17. The van der Waals surface area contributed by atoms with Gasteiger partial charge in [0.25, 0.3) is 20.0 Å². The van der Waals surface area contributed by atoms with Crippen LogP contribution in [0.2, 0.25) is 0 Å². The molecule has 6 aromatic carbocycles. The van der Waals surface area contributed by atoms with Crippen LogP contribution in [0.1, 0.15) is 136 Å². The van der Waals surface area contributed by atoms with Gasteiger partial charge in [-0.25, -0.2) is 16.8 Å². The average Bonchev–Trinajstić information content (AvgIpc) is 4.06. The molecule has 75 heavy (non-hydrogen) atoms. The lowest BCUT2D eigenvalue weighted by Gasteiger charge is -2.36. The fourth-order valence-electron chi connectivity index (χ4n) is 12.3. The third-order valence-electron chi connectivity index (χ3n) is 15.9. The van der Waals surface area contributed by atoms with Gasteiger partial charge in [-0.3, -0.25) is 32.6 Å². The number of benzene rings is 6. The summed E-state index contributed by atoms with van der Waals surface area (Å²) >= 11 is 0. The van der Waals surface area contributed by atoms with E-state index in [4.69, 9.17) is 5.73 Å². The third kappa shape index (κ3) is 8.23. The van der Waals surface area contributed by atoms with Crippen LogP contribution in [-0.2, 0) is 47.3 Å². The van der Waals surface area contributed by atoms with Gasteiger partial charge in [-0.05, 0) is 155 Å². The maximum atomic E-state index is 14.1. The molecule has 380 valence electrons. The van der Waals surface area contributed by atoms with Gasteiger partial charge in [0.1, 0.15) is 0 Å². The summed E-state index contributed by atoms with van der Waals surface area (Å²) in [6, 6.07) is 36.4. The van der Waals surface area contributed by atoms with Crippen LogP contribution in [0.25, 0.3) is 11.1 Å². The van der Waals surface area contributed by atoms with Crippen LogP contribution in [-0.4, -0.2) is 54.5 Å². The maximum absolute atomic E-state index is 14.1. The molecule has 12 rings (SSSR count). The van der Waals surface area contributed by atoms with E-state index in [0.717, 1.165) is 53.5 Å². The van der Waals surface area contributed by atoms with Crippen molar-refractivity contribution in [2.45, 2.75) is 93.0 Å². The van der Waals surface area contributed by atoms with Crippen LogP contribution in [0, 0.1) is 11.8 Å². The van der Waals surface area contributed by atoms with Crippen molar-refractivity contribution in [1.82, 2.24) is 8.61 Å². The molecular weight excluding hydrogens is 985 g/mol. The van der Waals surface area contributed by atoms with Gasteiger partial charge in [0.2, 0.25) is 29.0 Å². The van der Waals surface area contributed by atoms with Gasteiger partial charge in [0.05, 0.1) is 33.7 Å². The normalized spacial score (nSPS) is 22.5. The van der Waals surface area contributed by atoms with Crippen molar-refractivity contribution >= 4 is 71.6 Å². The van der Waals surface area contributed by atoms with Crippen molar-refractivity contribution in [2.75, 3.05) is 11.1 Å². The van der Waals surface area contributed by atoms with Gasteiger partial charge < -0.3 is 11.1 Å². The summed E-state index contributed by atoms with van der Waals surface area (Å²) in [5.74, 6) is -3.72. The third-order valence-corrected chi connectivity index (χ3v) is 19.4. The van der Waals surface area contributed by atoms with Crippen molar-refractivity contribution in [3.8, 4) is 0 Å². The van der Waals surface area contributed by atoms with Crippen LogP contribution in [0.3, 0.4) is 0 Å². The first-order chi connectivity index (χ1) is 36.0. The zero-order chi connectivity index (χ0) is 52.7. The van der Waals surface area contributed by atoms with E-state index in [0.29, 0.717) is 63.2 Å². The van der Waals surface area contributed by atoms with E-state index in [2.05, 4.69) is 19.2 Å². The molecule has 6 atom stereocenters. The van der Waals surface area contributed by atoms with E-state index in [-0.39, 0.29) is 27.5 Å². The topological polar surface area (TPSA) is 198 Å². The number of hydrogen-bond acceptors (Lipinski definition) is 10. The second-order valence-electron chi connectivity index (χ2n) is 20.4. The summed E-state index contributed by atoms with van der Waals surface area (Å²) < 4.78 is 58.7. The summed E-state index contributed by atoms with van der Waals surface area (Å²) in [6.45, 7) is 5.63. The minimum absolute atomic E-state index is 0.0263. The molecule has 1 amide bonds. The molecule has 0 aromatic heterocycles. The Morgan fingerprint density at radius 3 is 1.32 bits per heavy atom. The van der Waals surface area contributed by atoms with Gasteiger partial charge in [0.15, 0.2) is 0 Å². The molecule has 15 heteroatoms. The van der Waals surface area contributed by atoms with Crippen molar-refractivity contribution < 1.29 is 40.8 Å². The Kier molecular flexibility index (Phi) is 12.4. The molecule has 0 bridgehead atoms. The second kappa shape index (κ2) is 18.9. The monoisotopic (exact) mass is 1040 g/mol. The van der Waals surface area contributed by atoms with E-state index in [1.807, 2.05) is 84.9 Å². The Bertz CT molecular complexity index is 3690. The van der Waals surface area contributed by atoms with Crippen molar-refractivity contribution in [3.63, 3.8) is 0 Å². The lowest BCUT2D eigenvalue weighted by Crippen LogP contribution is -2.41. The Labute approximate surface area is 436 Å². The molecule has 2 heterocycles. The molecule has 6 aromatic rings. The predicted octanol–water partition coefficient (Wildman–Crippen LogP) is 10.1. The van der Waals surface area contributed by atoms with Crippen LogP contribution in [0.4, 0.5) is 11.4 Å². The Balaban J connectivity index is 0.000000161. The molecule has 0 spiro atoms. The molecule has 2 aliphatic heterocycles. The molecule has 13 nitrogen and oxygen atoms in total. The van der Waals surface area contributed by atoms with Crippen molar-refractivity contribution in [1.29, 1.82) is 0 Å². The maximum Gasteiger partial charge on any atom is 0.264 e. The van der Waals surface area contributed by atoms with Crippen molar-refractivity contribution in [3.05, 3.63) is 201 Å². The summed E-state index contributed by atoms with van der Waals surface area (Å²) in [4.78, 5) is 66.4. The zero-order valence-corrected chi connectivity index (χ0v) is 43.2. The number of nitrogens with one attached hydrogen (secondary N) is 1. The SMILES string of the molecule is CC(=O)Nc1ccc(S(=O)(=O)N2C=C(c3ccccc3)C3C(=O)C(=O)c4c(ccc5c4CCCC5C)C32)cc1.CC1CCCc2c1ccc1c2C(=O)C(=O)C2C(c3ccccc3)=CN(S(=O)(=O)c3ccc(N)cc3)C12. The molecule has 0 saturated carbocycles. The highest BCUT2D eigenvalue weighted by Gasteiger charge is 2.55. The number of ketones is 4. The van der Waals surface area contributed by atoms with E-state index in [1.54, 1.807) is 18.3 Å². The van der Waals surface area contributed by atoms with E-state index in [1.165, 1.54) is 58.1 Å². The standard InChI is InChI=1S/C31H28N2O5S.C29H26N2O4S/c1-18-7-6-10-24-23(18)15-16-25-27(24)30(35)31(36)28-26(20-8-4-3-5-9-20)17-33(29(25)28)39(37,38)22-13-11-21(12-14-22)32-19(2)34;1-17-6-5-9-22-21(17)14-15-23-25(22)28(32)29(33)26-24(18-7-3-2-4-8-18)16-31(27(23)26)36(34,35)20-12-10-19(30)11-13-20/h3-5,8-9,11-18,28-29H,6-7,10H2,1-2H3,(H,32,34);2-4,7-8,10-17,26-27H,5-6,9,30H2,1H3. The number of amides is 1. The predicted molar refractivity (Wildman–Crippen MR) is 285 cm³/mol. The van der Waals surface area contributed by atoms with Crippen LogP contribution >= 0.6 is 0 Å². The highest BCUT2D eigenvalue weighted by molar-refractivity contribution is 7.89. The smallest absolute Gasteiger partial charge is 0.264 e. The van der Waals surface area contributed by atoms with Gasteiger partial charge >= 0.3 is 0 Å². The first kappa shape index (κ1) is 49.5. The molecule has 0 fully saturated rings. The molecule has 4 aliphatic carbocycles. The first-order valence-corrected chi connectivity index (χ1v) is 28.2. The minimum Gasteiger partial charge on any atom is -0.399 e. The lowest BCUT2D eigenvalue weighted by molar-refractivity contribution is -0.119. The van der Waals surface area contributed by atoms with Gasteiger partial charge in [0, 0.05) is 41.8 Å². The zero-order valence-electron chi connectivity index (χ0n) is 41.5. The highest BCUT2D eigenvalue weighted by Crippen LogP contribution is 2.54. The first-order valence-electron chi connectivity index (χ1n) is 25.3. The fraction of sp³-hybridized carbons (Fsp3) is 0.250. The fourth-order valence-corrected chi connectivity index (χ4v) is 15.3. The van der Waals surface area contributed by atoms with Crippen LogP contribution < -0.4 is 11.1 Å². The van der Waals surface area contributed by atoms with Crippen molar-refractivity contribution in [2.24, 2.45) is 11.8 Å². The molecular formula is C60H54N4O9S2. The molecule has 6 aliphatic rings. The Morgan fingerprint density at radius 1 is 0.533 bits per heavy atom. The Morgan fingerprint density at radius 2 is 0.920 bits per heavy atom. The number of anilines is 2. The number of fused-ring (bicyclic) bond motifs is 10. The van der Waals surface area contributed by atoms with Crippen LogP contribution in [0.15, 0.2) is 156 Å². The van der Waals surface area contributed by atoms with Gasteiger partial charge in [-0.1, -0.05) is 98.8 Å². The number of hydrogen-bond donors (Lipinski definition) is 2. The number of nitrogen functional groups attached to an aromatic ring is 1. The molecule has 3 N–H and O–H groups in total. The quantitative estimate of drug-likeness (QED) is 0.115. The van der Waals surface area contributed by atoms with E-state index < -0.39 is 67.1 Å². The summed E-state index contributed by atoms with van der Waals surface area (Å²) in [5, 5.41) is 2.64. The van der Waals surface area contributed by atoms with E-state index >= 15 is 0 Å². The number of Topliss-reactive ketones (excluding diaryl/α,β-unsaturated/α-hetero) is 4. The van der Waals surface area contributed by atoms with Crippen LogP contribution in [0.5, 0.6) is 0 Å². The number of carbonyl (C=O) groups excluding carboxylic acids is 5. The van der Waals surface area contributed by atoms with Gasteiger partial charge in [-0.2, -0.15) is 0 Å². The molecule has 6 unspecified atom stereocenters. The van der Waals surface area contributed by atoms with Gasteiger partial charge in [-0.15, -0.1) is 0 Å². The lowest BCUT2D eigenvalue weighted by atomic mass is 9.70. The summed E-state index contributed by atoms with van der Waals surface area (Å²) in [5.41, 5.74) is 15.1. The Hall–Kier alpha value is -7.75. The minimum atomic E-state index is -4.13. The second-order valence-corrected chi connectivity index (χ2v) is 24.0. The number of rotatable bonds is 7.